The number of nitrogens with zero attached hydrogens (tertiary/aromatic N) is 1. The van der Waals surface area contributed by atoms with Crippen LogP contribution in [0.25, 0.3) is 0 Å². The van der Waals surface area contributed by atoms with Crippen LogP contribution in [0, 0.1) is 0 Å². The largest absolute Gasteiger partial charge is 0.368 e. The average molecular weight is 309 g/mol. The maximum absolute atomic E-state index is 11.6. The molecular formula is C15H23N3O4. The van der Waals surface area contributed by atoms with Crippen molar-refractivity contribution >= 4 is 17.8 Å². The summed E-state index contributed by atoms with van der Waals surface area (Å²) < 4.78 is 0. The Bertz CT molecular complexity index is 461. The Morgan fingerprint density at radius 1 is 1.23 bits per heavy atom. The molecule has 0 bridgehead atoms. The Kier molecular flexibility index (Phi) is 5.41. The van der Waals surface area contributed by atoms with Crippen molar-refractivity contribution in [3.63, 3.8) is 0 Å². The first-order valence-corrected chi connectivity index (χ1v) is 7.76. The molecule has 2 fully saturated rings. The van der Waals surface area contributed by atoms with Crippen molar-refractivity contribution < 1.29 is 19.2 Å². The van der Waals surface area contributed by atoms with Crippen LogP contribution in [0.1, 0.15) is 51.9 Å². The highest BCUT2D eigenvalue weighted by Crippen LogP contribution is 2.15. The summed E-state index contributed by atoms with van der Waals surface area (Å²) in [5.74, 6) is -0.535. The number of unbranched alkanes of at least 4 members (excludes halogenated alkanes) is 2. The molecular weight excluding hydrogens is 286 g/mol. The number of rotatable bonds is 7. The van der Waals surface area contributed by atoms with Crippen LogP contribution in [-0.2, 0) is 19.2 Å². The van der Waals surface area contributed by atoms with Crippen LogP contribution < -0.4 is 10.6 Å². The number of hydrogen-bond donors (Lipinski definition) is 2. The van der Waals surface area contributed by atoms with E-state index in [9.17, 15) is 14.4 Å². The third kappa shape index (κ3) is 4.22. The van der Waals surface area contributed by atoms with Gasteiger partial charge in [0.15, 0.2) is 0 Å². The number of amides is 2. The lowest BCUT2D eigenvalue weighted by Crippen LogP contribution is -2.32. The number of hydroxylamine groups is 2. The molecule has 2 heterocycles. The molecule has 2 aliphatic heterocycles. The van der Waals surface area contributed by atoms with E-state index in [1.807, 2.05) is 0 Å². The first-order chi connectivity index (χ1) is 10.5. The first kappa shape index (κ1) is 16.3. The van der Waals surface area contributed by atoms with Crippen LogP contribution in [0.5, 0.6) is 0 Å². The van der Waals surface area contributed by atoms with Gasteiger partial charge in [0, 0.05) is 31.3 Å². The molecule has 0 aromatic rings. The molecule has 2 N–H and O–H groups in total. The highest BCUT2D eigenvalue weighted by atomic mass is 16.7. The summed E-state index contributed by atoms with van der Waals surface area (Å²) in [6.07, 6.45) is 4.04. The van der Waals surface area contributed by atoms with Gasteiger partial charge in [-0.3, -0.25) is 9.59 Å². The Morgan fingerprint density at radius 3 is 2.50 bits per heavy atom. The highest BCUT2D eigenvalue weighted by Gasteiger charge is 2.32. The van der Waals surface area contributed by atoms with E-state index in [0.29, 0.717) is 23.6 Å². The van der Waals surface area contributed by atoms with Gasteiger partial charge in [-0.25, -0.2) is 4.79 Å². The Balaban J connectivity index is 1.57. The molecule has 7 nitrogen and oxygen atoms in total. The Labute approximate surface area is 130 Å². The van der Waals surface area contributed by atoms with E-state index in [1.54, 1.807) is 0 Å². The van der Waals surface area contributed by atoms with E-state index >= 15 is 0 Å². The molecule has 2 amide bonds. The minimum atomic E-state index is -0.522. The molecule has 0 spiro atoms. The van der Waals surface area contributed by atoms with Gasteiger partial charge in [0.05, 0.1) is 5.82 Å². The van der Waals surface area contributed by atoms with Crippen LogP contribution >= 0.6 is 0 Å². The summed E-state index contributed by atoms with van der Waals surface area (Å²) in [7, 11) is 0. The second kappa shape index (κ2) is 7.29. The van der Waals surface area contributed by atoms with Gasteiger partial charge in [0.2, 0.25) is 0 Å². The van der Waals surface area contributed by atoms with Crippen molar-refractivity contribution in [1.82, 2.24) is 15.7 Å². The van der Waals surface area contributed by atoms with E-state index in [1.165, 1.54) is 0 Å². The van der Waals surface area contributed by atoms with Crippen molar-refractivity contribution in [2.75, 3.05) is 0 Å². The molecule has 0 aromatic carbocycles. The van der Waals surface area contributed by atoms with Crippen LogP contribution in [0.2, 0.25) is 0 Å². The lowest BCUT2D eigenvalue weighted by molar-refractivity contribution is -0.197. The summed E-state index contributed by atoms with van der Waals surface area (Å²) >= 11 is 0. The number of imide groups is 1. The quantitative estimate of drug-likeness (QED) is 0.538. The number of carbonyl (C=O) groups excluding carboxylic acids is 3. The van der Waals surface area contributed by atoms with E-state index in [-0.39, 0.29) is 19.3 Å². The predicted molar refractivity (Wildman–Crippen MR) is 78.9 cm³/mol. The van der Waals surface area contributed by atoms with Crippen molar-refractivity contribution in [3.05, 3.63) is 12.4 Å². The smallest absolute Gasteiger partial charge is 0.333 e. The normalized spacial score (nSPS) is 24.4. The second-order valence-electron chi connectivity index (χ2n) is 5.81. The molecule has 22 heavy (non-hydrogen) atoms. The number of carbonyl (C=O) groups is 3. The molecule has 7 heteroatoms. The molecule has 2 atom stereocenters. The molecule has 0 saturated carbocycles. The molecule has 0 aliphatic carbocycles. The molecule has 2 rings (SSSR count). The Morgan fingerprint density at radius 2 is 1.91 bits per heavy atom. The van der Waals surface area contributed by atoms with E-state index in [2.05, 4.69) is 24.1 Å². The maximum atomic E-state index is 11.6. The number of hydrogen-bond acceptors (Lipinski definition) is 6. The van der Waals surface area contributed by atoms with E-state index < -0.39 is 17.8 Å². The summed E-state index contributed by atoms with van der Waals surface area (Å²) in [5, 5.41) is 7.11. The van der Waals surface area contributed by atoms with Crippen molar-refractivity contribution in [3.8, 4) is 0 Å². The van der Waals surface area contributed by atoms with Gasteiger partial charge in [-0.2, -0.15) is 0 Å². The summed E-state index contributed by atoms with van der Waals surface area (Å²) in [4.78, 5) is 39.0. The summed E-state index contributed by atoms with van der Waals surface area (Å²) in [5.41, 5.74) is 0. The van der Waals surface area contributed by atoms with Crippen molar-refractivity contribution in [2.24, 2.45) is 0 Å². The monoisotopic (exact) mass is 309 g/mol. The van der Waals surface area contributed by atoms with Crippen LogP contribution in [-0.4, -0.2) is 34.9 Å². The SMILES string of the molecule is C=C1N[C@@H](C)[C@@H](CCCCCC(=O)ON2C(=O)CCC2=O)N1. The predicted octanol–water partition coefficient (Wildman–Crippen LogP) is 0.965. The van der Waals surface area contributed by atoms with Gasteiger partial charge in [0.25, 0.3) is 11.8 Å². The zero-order valence-electron chi connectivity index (χ0n) is 12.9. The lowest BCUT2D eigenvalue weighted by atomic mass is 10.0. The van der Waals surface area contributed by atoms with Gasteiger partial charge < -0.3 is 15.5 Å². The van der Waals surface area contributed by atoms with Crippen LogP contribution in [0.15, 0.2) is 12.4 Å². The topological polar surface area (TPSA) is 87.7 Å². The van der Waals surface area contributed by atoms with Gasteiger partial charge in [-0.15, -0.1) is 5.06 Å². The zero-order chi connectivity index (χ0) is 16.1. The standard InChI is InChI=1S/C15H23N3O4/c1-10-12(17-11(2)16-10)6-4-3-5-7-15(21)22-18-13(19)8-9-14(18)20/h10,12,16-17H,2-9H2,1H3/t10-,12+/m0/s1. The fourth-order valence-corrected chi connectivity index (χ4v) is 2.70. The second-order valence-corrected chi connectivity index (χ2v) is 5.81. The molecule has 0 unspecified atom stereocenters. The van der Waals surface area contributed by atoms with Crippen LogP contribution in [0.4, 0.5) is 0 Å². The minimum absolute atomic E-state index is 0.123. The van der Waals surface area contributed by atoms with Gasteiger partial charge in [-0.05, 0) is 19.8 Å². The first-order valence-electron chi connectivity index (χ1n) is 7.76. The minimum Gasteiger partial charge on any atom is -0.368 e. The van der Waals surface area contributed by atoms with Crippen molar-refractivity contribution in [1.29, 1.82) is 0 Å². The summed E-state index contributed by atoms with van der Waals surface area (Å²) in [6.45, 7) is 5.95. The molecule has 122 valence electrons. The highest BCUT2D eigenvalue weighted by molar-refractivity contribution is 6.01. The van der Waals surface area contributed by atoms with Gasteiger partial charge in [0.1, 0.15) is 0 Å². The molecule has 0 radical (unpaired) electrons. The zero-order valence-corrected chi connectivity index (χ0v) is 12.9. The number of nitrogens with one attached hydrogen (secondary N) is 2. The third-order valence-corrected chi connectivity index (χ3v) is 3.96. The fraction of sp³-hybridized carbons (Fsp3) is 0.667. The molecule has 2 saturated heterocycles. The molecule has 0 aromatic heterocycles. The van der Waals surface area contributed by atoms with Gasteiger partial charge >= 0.3 is 5.97 Å². The maximum Gasteiger partial charge on any atom is 0.333 e. The fourth-order valence-electron chi connectivity index (χ4n) is 2.70. The van der Waals surface area contributed by atoms with Crippen LogP contribution in [0.3, 0.4) is 0 Å². The van der Waals surface area contributed by atoms with E-state index in [4.69, 9.17) is 4.84 Å². The average Bonchev–Trinajstić information content (AvgIpc) is 2.94. The molecule has 2 aliphatic rings. The van der Waals surface area contributed by atoms with Crippen molar-refractivity contribution in [2.45, 2.75) is 64.0 Å². The van der Waals surface area contributed by atoms with E-state index in [0.717, 1.165) is 25.1 Å². The third-order valence-electron chi connectivity index (χ3n) is 3.96. The summed E-state index contributed by atoms with van der Waals surface area (Å²) in [6, 6.07) is 0.740. The van der Waals surface area contributed by atoms with Gasteiger partial charge in [-0.1, -0.05) is 19.4 Å². The lowest BCUT2D eigenvalue weighted by Gasteiger charge is -2.14. The Hall–Kier alpha value is -2.05.